The highest BCUT2D eigenvalue weighted by atomic mass is 16.2. The third-order valence-corrected chi connectivity index (χ3v) is 3.80. The number of rotatable bonds is 3. The predicted octanol–water partition coefficient (Wildman–Crippen LogP) is 2.24. The first-order chi connectivity index (χ1) is 9.04. The maximum absolute atomic E-state index is 11.9. The van der Waals surface area contributed by atoms with Crippen LogP contribution in [0.3, 0.4) is 0 Å². The van der Waals surface area contributed by atoms with E-state index in [1.165, 1.54) is 11.1 Å². The first-order valence-corrected chi connectivity index (χ1v) is 6.78. The average molecular weight is 257 g/mol. The Morgan fingerprint density at radius 2 is 2.00 bits per heavy atom. The molecular formula is C15H19N3O. The van der Waals surface area contributed by atoms with Crippen LogP contribution in [0.2, 0.25) is 0 Å². The highest BCUT2D eigenvalue weighted by molar-refractivity contribution is 5.82. The molecule has 0 atom stereocenters. The van der Waals surface area contributed by atoms with Crippen molar-refractivity contribution in [2.45, 2.75) is 46.2 Å². The highest BCUT2D eigenvalue weighted by Crippen LogP contribution is 2.21. The van der Waals surface area contributed by atoms with Gasteiger partial charge in [0.25, 0.3) is 0 Å². The molecule has 0 aliphatic heterocycles. The Morgan fingerprint density at radius 1 is 1.32 bits per heavy atom. The zero-order valence-corrected chi connectivity index (χ0v) is 11.7. The molecule has 4 nitrogen and oxygen atoms in total. The molecule has 2 aromatic rings. The van der Waals surface area contributed by atoms with Crippen LogP contribution in [-0.4, -0.2) is 21.5 Å². The summed E-state index contributed by atoms with van der Waals surface area (Å²) in [6, 6.07) is 4.62. The molecule has 1 aromatic carbocycles. The van der Waals surface area contributed by atoms with Crippen LogP contribution in [0.25, 0.3) is 11.0 Å². The van der Waals surface area contributed by atoms with Crippen LogP contribution < -0.4 is 5.32 Å². The fourth-order valence-electron chi connectivity index (χ4n) is 2.34. The fraction of sp³-hybridized carbons (Fsp3) is 0.467. The molecule has 1 fully saturated rings. The number of aryl methyl sites for hydroxylation is 3. The monoisotopic (exact) mass is 257 g/mol. The lowest BCUT2D eigenvalue weighted by atomic mass is 10.1. The van der Waals surface area contributed by atoms with Crippen molar-refractivity contribution < 1.29 is 4.79 Å². The lowest BCUT2D eigenvalue weighted by molar-refractivity contribution is -0.121. The number of hydrogen-bond donors (Lipinski definition) is 1. The quantitative estimate of drug-likeness (QED) is 0.916. The smallest absolute Gasteiger partial charge is 0.240 e. The first kappa shape index (κ1) is 12.2. The summed E-state index contributed by atoms with van der Waals surface area (Å²) in [7, 11) is 0. The maximum Gasteiger partial charge on any atom is 0.240 e. The standard InChI is InChI=1S/C15H19N3O/c1-9-6-13-14(7-10(9)2)18(11(3)16-13)8-15(19)17-12-4-5-12/h6-7,12H,4-5,8H2,1-3H3,(H,17,19). The van der Waals surface area contributed by atoms with Crippen LogP contribution in [0.5, 0.6) is 0 Å². The Labute approximate surface area is 112 Å². The topological polar surface area (TPSA) is 46.9 Å². The first-order valence-electron chi connectivity index (χ1n) is 6.78. The van der Waals surface area contributed by atoms with Gasteiger partial charge in [0.1, 0.15) is 12.4 Å². The number of nitrogens with zero attached hydrogens (tertiary/aromatic N) is 2. The van der Waals surface area contributed by atoms with E-state index in [-0.39, 0.29) is 5.91 Å². The van der Waals surface area contributed by atoms with Gasteiger partial charge in [-0.2, -0.15) is 0 Å². The van der Waals surface area contributed by atoms with Crippen molar-refractivity contribution >= 4 is 16.9 Å². The Kier molecular flexibility index (Phi) is 2.81. The highest BCUT2D eigenvalue weighted by Gasteiger charge is 2.23. The Morgan fingerprint density at radius 3 is 2.68 bits per heavy atom. The van der Waals surface area contributed by atoms with Crippen LogP contribution in [-0.2, 0) is 11.3 Å². The molecule has 19 heavy (non-hydrogen) atoms. The Balaban J connectivity index is 1.94. The normalized spacial score (nSPS) is 14.9. The number of imidazole rings is 1. The van der Waals surface area contributed by atoms with Gasteiger partial charge in [0, 0.05) is 6.04 Å². The molecule has 1 aliphatic carbocycles. The molecule has 0 radical (unpaired) electrons. The number of hydrogen-bond acceptors (Lipinski definition) is 2. The summed E-state index contributed by atoms with van der Waals surface area (Å²) >= 11 is 0. The van der Waals surface area contributed by atoms with Gasteiger partial charge in [-0.05, 0) is 56.9 Å². The summed E-state index contributed by atoms with van der Waals surface area (Å²) in [5, 5.41) is 3.02. The third-order valence-electron chi connectivity index (χ3n) is 3.80. The van der Waals surface area contributed by atoms with E-state index in [4.69, 9.17) is 0 Å². The van der Waals surface area contributed by atoms with E-state index < -0.39 is 0 Å². The largest absolute Gasteiger partial charge is 0.352 e. The molecule has 1 saturated carbocycles. The summed E-state index contributed by atoms with van der Waals surface area (Å²) in [5.74, 6) is 0.981. The summed E-state index contributed by atoms with van der Waals surface area (Å²) in [6.45, 7) is 6.49. The van der Waals surface area contributed by atoms with Gasteiger partial charge < -0.3 is 9.88 Å². The molecule has 1 aromatic heterocycles. The molecule has 4 heteroatoms. The molecule has 100 valence electrons. The van der Waals surface area contributed by atoms with E-state index >= 15 is 0 Å². The lowest BCUT2D eigenvalue weighted by Crippen LogP contribution is -2.29. The second-order valence-electron chi connectivity index (χ2n) is 5.51. The molecule has 0 bridgehead atoms. The Bertz CT molecular complexity index is 653. The van der Waals surface area contributed by atoms with Crippen LogP contribution in [0, 0.1) is 20.8 Å². The molecule has 1 amide bonds. The van der Waals surface area contributed by atoms with E-state index in [0.29, 0.717) is 12.6 Å². The summed E-state index contributed by atoms with van der Waals surface area (Å²) < 4.78 is 2.00. The number of carbonyl (C=O) groups excluding carboxylic acids is 1. The van der Waals surface area contributed by atoms with E-state index in [9.17, 15) is 4.79 Å². The van der Waals surface area contributed by atoms with Crippen LogP contribution in [0.15, 0.2) is 12.1 Å². The van der Waals surface area contributed by atoms with Crippen molar-refractivity contribution in [1.29, 1.82) is 0 Å². The van der Waals surface area contributed by atoms with Crippen molar-refractivity contribution in [3.63, 3.8) is 0 Å². The summed E-state index contributed by atoms with van der Waals surface area (Å²) in [5.41, 5.74) is 4.49. The van der Waals surface area contributed by atoms with Gasteiger partial charge in [0.2, 0.25) is 5.91 Å². The third kappa shape index (κ3) is 2.35. The van der Waals surface area contributed by atoms with Crippen molar-refractivity contribution in [3.05, 3.63) is 29.1 Å². The predicted molar refractivity (Wildman–Crippen MR) is 75.1 cm³/mol. The van der Waals surface area contributed by atoms with Crippen molar-refractivity contribution in [2.24, 2.45) is 0 Å². The minimum absolute atomic E-state index is 0.0862. The summed E-state index contributed by atoms with van der Waals surface area (Å²) in [6.07, 6.45) is 2.24. The molecule has 0 unspecified atom stereocenters. The van der Waals surface area contributed by atoms with E-state index in [1.807, 2.05) is 11.5 Å². The number of nitrogens with one attached hydrogen (secondary N) is 1. The second kappa shape index (κ2) is 4.37. The van der Waals surface area contributed by atoms with Crippen molar-refractivity contribution in [3.8, 4) is 0 Å². The van der Waals surface area contributed by atoms with Gasteiger partial charge in [-0.15, -0.1) is 0 Å². The van der Waals surface area contributed by atoms with Gasteiger partial charge in [-0.1, -0.05) is 0 Å². The molecule has 1 heterocycles. The van der Waals surface area contributed by atoms with Gasteiger partial charge in [-0.25, -0.2) is 4.98 Å². The molecule has 1 N–H and O–H groups in total. The number of fused-ring (bicyclic) bond motifs is 1. The second-order valence-corrected chi connectivity index (χ2v) is 5.51. The fourth-order valence-corrected chi connectivity index (χ4v) is 2.34. The van der Waals surface area contributed by atoms with Gasteiger partial charge in [0.15, 0.2) is 0 Å². The molecule has 1 aliphatic rings. The van der Waals surface area contributed by atoms with Gasteiger partial charge in [0.05, 0.1) is 11.0 Å². The summed E-state index contributed by atoms with van der Waals surface area (Å²) in [4.78, 5) is 16.5. The van der Waals surface area contributed by atoms with Crippen LogP contribution >= 0.6 is 0 Å². The molecule has 3 rings (SSSR count). The van der Waals surface area contributed by atoms with Crippen LogP contribution in [0.4, 0.5) is 0 Å². The maximum atomic E-state index is 11.9. The minimum Gasteiger partial charge on any atom is -0.352 e. The minimum atomic E-state index is 0.0862. The number of aromatic nitrogens is 2. The van der Waals surface area contributed by atoms with Gasteiger partial charge in [-0.3, -0.25) is 4.79 Å². The number of carbonyl (C=O) groups is 1. The lowest BCUT2D eigenvalue weighted by Gasteiger charge is -2.08. The SMILES string of the molecule is Cc1cc2nc(C)n(CC(=O)NC3CC3)c2cc1C. The number of benzene rings is 1. The van der Waals surface area contributed by atoms with Crippen molar-refractivity contribution in [1.82, 2.24) is 14.9 Å². The average Bonchev–Trinajstić information content (AvgIpc) is 3.09. The number of amides is 1. The van der Waals surface area contributed by atoms with E-state index in [0.717, 1.165) is 29.7 Å². The zero-order valence-electron chi connectivity index (χ0n) is 11.7. The van der Waals surface area contributed by atoms with E-state index in [1.54, 1.807) is 0 Å². The Hall–Kier alpha value is -1.84. The molecule has 0 saturated heterocycles. The van der Waals surface area contributed by atoms with E-state index in [2.05, 4.69) is 36.3 Å². The molecule has 0 spiro atoms. The molecular weight excluding hydrogens is 238 g/mol. The van der Waals surface area contributed by atoms with Gasteiger partial charge >= 0.3 is 0 Å². The van der Waals surface area contributed by atoms with Crippen molar-refractivity contribution in [2.75, 3.05) is 0 Å². The van der Waals surface area contributed by atoms with Crippen LogP contribution in [0.1, 0.15) is 29.8 Å². The zero-order chi connectivity index (χ0) is 13.6.